The molecule has 1 aliphatic heterocycles. The van der Waals surface area contributed by atoms with Crippen molar-refractivity contribution in [3.8, 4) is 0 Å². The zero-order chi connectivity index (χ0) is 22.2. The highest BCUT2D eigenvalue weighted by Crippen LogP contribution is 2.48. The molecule has 2 fully saturated rings. The molecule has 3 aromatic rings. The third-order valence-electron chi connectivity index (χ3n) is 6.40. The molecule has 4 heterocycles. The Kier molecular flexibility index (Phi) is 5.71. The minimum atomic E-state index is -0.608. The maximum Gasteiger partial charge on any atom is 0.260 e. The number of piperidine rings is 1. The van der Waals surface area contributed by atoms with Gasteiger partial charge in [-0.1, -0.05) is 6.07 Å². The quantitative estimate of drug-likeness (QED) is 0.433. The molecule has 8 nitrogen and oxygen atoms in total. The van der Waals surface area contributed by atoms with Crippen molar-refractivity contribution in [3.63, 3.8) is 0 Å². The molecule has 1 saturated carbocycles. The Bertz CT molecular complexity index is 1120. The number of anilines is 2. The average molecular weight is 453 g/mol. The number of primary amides is 1. The highest BCUT2D eigenvalue weighted by molar-refractivity contribution is 7.21. The Morgan fingerprint density at radius 1 is 1.28 bits per heavy atom. The fraction of sp³-hybridized carbons (Fsp3) is 0.435. The molecule has 1 aliphatic carbocycles. The summed E-state index contributed by atoms with van der Waals surface area (Å²) in [6, 6.07) is 8.08. The van der Waals surface area contributed by atoms with Gasteiger partial charge in [0.05, 0.1) is 11.4 Å². The van der Waals surface area contributed by atoms with Crippen LogP contribution in [0.5, 0.6) is 0 Å². The average Bonchev–Trinajstić information content (AvgIpc) is 3.61. The fourth-order valence-corrected chi connectivity index (χ4v) is 5.44. The van der Waals surface area contributed by atoms with E-state index in [-0.39, 0.29) is 0 Å². The molecular weight excluding hydrogens is 424 g/mol. The summed E-state index contributed by atoms with van der Waals surface area (Å²) in [6.07, 6.45) is 5.31. The van der Waals surface area contributed by atoms with Crippen molar-refractivity contribution >= 4 is 39.0 Å². The highest BCUT2D eigenvalue weighted by Gasteiger charge is 2.31. The number of aliphatic hydroxyl groups is 1. The van der Waals surface area contributed by atoms with E-state index in [1.54, 1.807) is 6.20 Å². The molecule has 32 heavy (non-hydrogen) atoms. The standard InChI is InChI=1S/C23H28N6O2S/c24-20-19-15(13-4-5-13)11-18(28-23(19)32-21(20)22(25)31)29-9-6-14(7-10-29)27-12-17(30)16-3-1-2-8-26-16/h1-3,8,11,13-14,17,27,30H,4-7,9-10,12,24H2,(H2,25,31). The molecule has 0 radical (unpaired) electrons. The van der Waals surface area contributed by atoms with E-state index >= 15 is 0 Å². The van der Waals surface area contributed by atoms with Crippen molar-refractivity contribution in [3.05, 3.63) is 46.6 Å². The van der Waals surface area contributed by atoms with Crippen molar-refractivity contribution in [2.24, 2.45) is 5.73 Å². The molecule has 9 heteroatoms. The lowest BCUT2D eigenvalue weighted by molar-refractivity contribution is 0.100. The van der Waals surface area contributed by atoms with Crippen LogP contribution in [0.3, 0.4) is 0 Å². The van der Waals surface area contributed by atoms with E-state index in [2.05, 4.69) is 21.3 Å². The molecule has 6 N–H and O–H groups in total. The number of nitrogens with two attached hydrogens (primary N) is 2. The molecule has 5 rings (SSSR count). The molecule has 0 aromatic carbocycles. The maximum atomic E-state index is 11.8. The normalized spacial score (nSPS) is 18.2. The van der Waals surface area contributed by atoms with Gasteiger partial charge in [0, 0.05) is 37.3 Å². The number of aliphatic hydroxyl groups excluding tert-OH is 1. The third-order valence-corrected chi connectivity index (χ3v) is 7.52. The SMILES string of the molecule is NC(=O)c1sc2nc(N3CCC(NCC(O)c4ccccn4)CC3)cc(C3CC3)c2c1N. The smallest absolute Gasteiger partial charge is 0.260 e. The number of aromatic nitrogens is 2. The number of rotatable bonds is 7. The summed E-state index contributed by atoms with van der Waals surface area (Å²) in [7, 11) is 0. The summed E-state index contributed by atoms with van der Waals surface area (Å²) < 4.78 is 0. The topological polar surface area (TPSA) is 130 Å². The first kappa shape index (κ1) is 21.1. The molecule has 0 bridgehead atoms. The Morgan fingerprint density at radius 2 is 2.06 bits per heavy atom. The number of pyridine rings is 2. The maximum absolute atomic E-state index is 11.8. The summed E-state index contributed by atoms with van der Waals surface area (Å²) >= 11 is 1.30. The number of nitrogens with zero attached hydrogens (tertiary/aromatic N) is 3. The predicted octanol–water partition coefficient (Wildman–Crippen LogP) is 2.54. The molecule has 0 spiro atoms. The minimum Gasteiger partial charge on any atom is -0.397 e. The summed E-state index contributed by atoms with van der Waals surface area (Å²) in [5.74, 6) is 0.946. The van der Waals surface area contributed by atoms with Gasteiger partial charge >= 0.3 is 0 Å². The van der Waals surface area contributed by atoms with Crippen LogP contribution < -0.4 is 21.7 Å². The van der Waals surface area contributed by atoms with Crippen molar-refractivity contribution < 1.29 is 9.90 Å². The Labute approximate surface area is 190 Å². The summed E-state index contributed by atoms with van der Waals surface area (Å²) in [5.41, 5.74) is 14.2. The van der Waals surface area contributed by atoms with Gasteiger partial charge in [-0.25, -0.2) is 4.98 Å². The lowest BCUT2D eigenvalue weighted by Gasteiger charge is -2.34. The Morgan fingerprint density at radius 3 is 2.72 bits per heavy atom. The minimum absolute atomic E-state index is 0.343. The van der Waals surface area contributed by atoms with Crippen LogP contribution in [0.2, 0.25) is 0 Å². The molecule has 3 aromatic heterocycles. The lowest BCUT2D eigenvalue weighted by Crippen LogP contribution is -2.44. The number of thiophene rings is 1. The van der Waals surface area contributed by atoms with E-state index < -0.39 is 12.0 Å². The first-order chi connectivity index (χ1) is 15.5. The van der Waals surface area contributed by atoms with Gasteiger partial charge in [0.1, 0.15) is 21.6 Å². The number of carbonyl (C=O) groups is 1. The van der Waals surface area contributed by atoms with Crippen LogP contribution in [0.1, 0.15) is 58.6 Å². The summed E-state index contributed by atoms with van der Waals surface area (Å²) in [6.45, 7) is 2.25. The molecule has 1 atom stereocenters. The van der Waals surface area contributed by atoms with Crippen LogP contribution in [0.25, 0.3) is 10.2 Å². The molecule has 2 aliphatic rings. The number of nitrogens with one attached hydrogen (secondary N) is 1. The fourth-order valence-electron chi connectivity index (χ4n) is 4.47. The summed E-state index contributed by atoms with van der Waals surface area (Å²) in [4.78, 5) is 24.4. The van der Waals surface area contributed by atoms with E-state index in [1.807, 2.05) is 18.2 Å². The van der Waals surface area contributed by atoms with Crippen LogP contribution in [0, 0.1) is 0 Å². The number of hydrogen-bond acceptors (Lipinski definition) is 8. The molecule has 1 amide bonds. The van der Waals surface area contributed by atoms with Gasteiger partial charge in [0.2, 0.25) is 0 Å². The lowest BCUT2D eigenvalue weighted by atomic mass is 10.0. The molecular formula is C23H28N6O2S. The first-order valence-corrected chi connectivity index (χ1v) is 11.9. The van der Waals surface area contributed by atoms with Gasteiger partial charge < -0.3 is 26.8 Å². The number of carbonyl (C=O) groups excluding carboxylic acids is 1. The van der Waals surface area contributed by atoms with Crippen LogP contribution in [-0.2, 0) is 0 Å². The van der Waals surface area contributed by atoms with E-state index in [1.165, 1.54) is 16.9 Å². The van der Waals surface area contributed by atoms with Crippen LogP contribution in [0.15, 0.2) is 30.5 Å². The van der Waals surface area contributed by atoms with Crippen molar-refractivity contribution in [2.75, 3.05) is 30.3 Å². The van der Waals surface area contributed by atoms with Gasteiger partial charge in [0.25, 0.3) is 5.91 Å². The zero-order valence-corrected chi connectivity index (χ0v) is 18.6. The third kappa shape index (κ3) is 4.15. The van der Waals surface area contributed by atoms with E-state index in [9.17, 15) is 9.90 Å². The van der Waals surface area contributed by atoms with Gasteiger partial charge in [-0.05, 0) is 55.4 Å². The van der Waals surface area contributed by atoms with Gasteiger partial charge in [-0.15, -0.1) is 11.3 Å². The van der Waals surface area contributed by atoms with E-state index in [4.69, 9.17) is 16.5 Å². The zero-order valence-electron chi connectivity index (χ0n) is 17.8. The second-order valence-corrected chi connectivity index (χ2v) is 9.67. The Hall–Kier alpha value is -2.75. The van der Waals surface area contributed by atoms with Gasteiger partial charge in [-0.2, -0.15) is 0 Å². The highest BCUT2D eigenvalue weighted by atomic mass is 32.1. The second kappa shape index (κ2) is 8.65. The largest absolute Gasteiger partial charge is 0.397 e. The van der Waals surface area contributed by atoms with Gasteiger partial charge in [0.15, 0.2) is 0 Å². The second-order valence-electron chi connectivity index (χ2n) is 8.67. The van der Waals surface area contributed by atoms with Gasteiger partial charge in [-0.3, -0.25) is 9.78 Å². The number of fused-ring (bicyclic) bond motifs is 1. The van der Waals surface area contributed by atoms with E-state index in [0.717, 1.165) is 54.8 Å². The van der Waals surface area contributed by atoms with Crippen LogP contribution in [0.4, 0.5) is 11.5 Å². The number of nitrogen functional groups attached to an aromatic ring is 1. The number of amides is 1. The van der Waals surface area contributed by atoms with Crippen molar-refractivity contribution in [1.29, 1.82) is 0 Å². The van der Waals surface area contributed by atoms with E-state index in [0.29, 0.717) is 34.8 Å². The summed E-state index contributed by atoms with van der Waals surface area (Å²) in [5, 5.41) is 14.7. The molecule has 1 saturated heterocycles. The predicted molar refractivity (Wildman–Crippen MR) is 127 cm³/mol. The van der Waals surface area contributed by atoms with Crippen molar-refractivity contribution in [1.82, 2.24) is 15.3 Å². The Balaban J connectivity index is 1.27. The number of hydrogen-bond donors (Lipinski definition) is 4. The molecule has 1 unspecified atom stereocenters. The van der Waals surface area contributed by atoms with Crippen LogP contribution in [-0.4, -0.2) is 46.7 Å². The monoisotopic (exact) mass is 452 g/mol. The van der Waals surface area contributed by atoms with Crippen LogP contribution >= 0.6 is 11.3 Å². The molecule has 168 valence electrons. The van der Waals surface area contributed by atoms with Crippen molar-refractivity contribution in [2.45, 2.75) is 43.7 Å². The first-order valence-electron chi connectivity index (χ1n) is 11.1.